The van der Waals surface area contributed by atoms with Gasteiger partial charge in [0.25, 0.3) is 0 Å². The molecule has 4 nitrogen and oxygen atoms in total. The highest BCUT2D eigenvalue weighted by atomic mass is 16.6. The number of primary amides is 1. The van der Waals surface area contributed by atoms with E-state index in [4.69, 9.17) is 10.5 Å². The van der Waals surface area contributed by atoms with E-state index in [1.54, 1.807) is 7.05 Å². The maximum Gasteiger partial charge on any atom is 0.406 e. The number of nitrogens with one attached hydrogen (secondary N) is 1. The molecule has 0 rings (SSSR count). The maximum absolute atomic E-state index is 10.9. The summed E-state index contributed by atoms with van der Waals surface area (Å²) >= 11 is 0. The summed E-state index contributed by atoms with van der Waals surface area (Å²) in [7, 11) is 1.78. The SMILES string of the molecule is CCCC(NC)(OC(N)=O)C(C)(C)C. The molecule has 1 unspecified atom stereocenters. The van der Waals surface area contributed by atoms with E-state index in [0.717, 1.165) is 12.8 Å². The van der Waals surface area contributed by atoms with E-state index in [1.807, 2.05) is 27.7 Å². The third kappa shape index (κ3) is 2.87. The van der Waals surface area contributed by atoms with Gasteiger partial charge in [-0.3, -0.25) is 5.32 Å². The predicted octanol–water partition coefficient (Wildman–Crippen LogP) is 1.84. The van der Waals surface area contributed by atoms with Crippen molar-refractivity contribution in [2.24, 2.45) is 11.1 Å². The highest BCUT2D eigenvalue weighted by Crippen LogP contribution is 2.35. The van der Waals surface area contributed by atoms with Gasteiger partial charge in [0.05, 0.1) is 0 Å². The quantitative estimate of drug-likeness (QED) is 0.684. The lowest BCUT2D eigenvalue weighted by molar-refractivity contribution is -0.0921. The van der Waals surface area contributed by atoms with E-state index in [-0.39, 0.29) is 5.41 Å². The van der Waals surface area contributed by atoms with Gasteiger partial charge in [-0.1, -0.05) is 34.1 Å². The molecule has 0 aliphatic heterocycles. The average Bonchev–Trinajstić information content (AvgIpc) is 2.00. The van der Waals surface area contributed by atoms with Crippen molar-refractivity contribution in [2.75, 3.05) is 7.05 Å². The van der Waals surface area contributed by atoms with Crippen molar-refractivity contribution in [3.05, 3.63) is 0 Å². The number of amides is 1. The van der Waals surface area contributed by atoms with E-state index in [1.165, 1.54) is 0 Å². The Morgan fingerprint density at radius 1 is 1.43 bits per heavy atom. The molecule has 0 spiro atoms. The molecule has 1 atom stereocenters. The molecule has 3 N–H and O–H groups in total. The second-order valence-electron chi connectivity index (χ2n) is 4.50. The Balaban J connectivity index is 4.87. The summed E-state index contributed by atoms with van der Waals surface area (Å²) in [6, 6.07) is 0. The fourth-order valence-corrected chi connectivity index (χ4v) is 1.65. The lowest BCUT2D eigenvalue weighted by Crippen LogP contribution is -2.57. The molecular weight excluding hydrogens is 180 g/mol. The van der Waals surface area contributed by atoms with Gasteiger partial charge in [-0.15, -0.1) is 0 Å². The monoisotopic (exact) mass is 202 g/mol. The average molecular weight is 202 g/mol. The fraction of sp³-hybridized carbons (Fsp3) is 0.900. The molecule has 0 fully saturated rings. The molecule has 1 amide bonds. The topological polar surface area (TPSA) is 64.3 Å². The third-order valence-electron chi connectivity index (χ3n) is 2.49. The molecular formula is C10H22N2O2. The van der Waals surface area contributed by atoms with Crippen LogP contribution in [-0.2, 0) is 4.74 Å². The van der Waals surface area contributed by atoms with Crippen molar-refractivity contribution >= 4 is 6.09 Å². The Morgan fingerprint density at radius 2 is 1.93 bits per heavy atom. The minimum absolute atomic E-state index is 0.188. The van der Waals surface area contributed by atoms with Crippen LogP contribution < -0.4 is 11.1 Å². The molecule has 0 saturated heterocycles. The summed E-state index contributed by atoms with van der Waals surface area (Å²) in [4.78, 5) is 10.9. The van der Waals surface area contributed by atoms with E-state index in [9.17, 15) is 4.79 Å². The van der Waals surface area contributed by atoms with Gasteiger partial charge in [-0.05, 0) is 7.05 Å². The zero-order valence-corrected chi connectivity index (χ0v) is 9.81. The normalized spacial score (nSPS) is 16.1. The van der Waals surface area contributed by atoms with Crippen LogP contribution in [0.15, 0.2) is 0 Å². The van der Waals surface area contributed by atoms with Crippen LogP contribution in [0.5, 0.6) is 0 Å². The first-order valence-electron chi connectivity index (χ1n) is 4.96. The van der Waals surface area contributed by atoms with Gasteiger partial charge in [-0.25, -0.2) is 4.79 Å². The summed E-state index contributed by atoms with van der Waals surface area (Å²) in [5.74, 6) is 0. The second-order valence-corrected chi connectivity index (χ2v) is 4.50. The number of rotatable bonds is 4. The molecule has 0 aromatic carbocycles. The molecule has 0 saturated carbocycles. The van der Waals surface area contributed by atoms with Crippen molar-refractivity contribution in [3.8, 4) is 0 Å². The van der Waals surface area contributed by atoms with E-state index >= 15 is 0 Å². The first kappa shape index (κ1) is 13.2. The second kappa shape index (κ2) is 4.64. The molecule has 0 aromatic rings. The predicted molar refractivity (Wildman–Crippen MR) is 56.8 cm³/mol. The number of ether oxygens (including phenoxy) is 1. The zero-order chi connectivity index (χ0) is 11.4. The van der Waals surface area contributed by atoms with Crippen LogP contribution in [0.25, 0.3) is 0 Å². The third-order valence-corrected chi connectivity index (χ3v) is 2.49. The molecule has 0 bridgehead atoms. The highest BCUT2D eigenvalue weighted by Gasteiger charge is 2.43. The molecule has 0 heterocycles. The molecule has 0 aliphatic carbocycles. The molecule has 84 valence electrons. The van der Waals surface area contributed by atoms with Crippen LogP contribution in [0.1, 0.15) is 40.5 Å². The molecule has 0 aromatic heterocycles. The Morgan fingerprint density at radius 3 is 2.14 bits per heavy atom. The van der Waals surface area contributed by atoms with Crippen molar-refractivity contribution in [1.29, 1.82) is 0 Å². The first-order chi connectivity index (χ1) is 6.29. The molecule has 14 heavy (non-hydrogen) atoms. The van der Waals surface area contributed by atoms with Crippen molar-refractivity contribution in [1.82, 2.24) is 5.32 Å². The lowest BCUT2D eigenvalue weighted by atomic mass is 9.80. The number of hydrogen-bond donors (Lipinski definition) is 2. The van der Waals surface area contributed by atoms with Gasteiger partial charge in [0, 0.05) is 11.8 Å². The lowest BCUT2D eigenvalue weighted by Gasteiger charge is -2.43. The minimum Gasteiger partial charge on any atom is -0.427 e. The first-order valence-corrected chi connectivity index (χ1v) is 4.96. The zero-order valence-electron chi connectivity index (χ0n) is 9.81. The van der Waals surface area contributed by atoms with Crippen molar-refractivity contribution in [3.63, 3.8) is 0 Å². The van der Waals surface area contributed by atoms with Crippen LogP contribution in [0.2, 0.25) is 0 Å². The van der Waals surface area contributed by atoms with Crippen LogP contribution in [0, 0.1) is 5.41 Å². The van der Waals surface area contributed by atoms with Crippen LogP contribution in [0.4, 0.5) is 4.79 Å². The maximum atomic E-state index is 10.9. The minimum atomic E-state index is -0.734. The van der Waals surface area contributed by atoms with Gasteiger partial charge >= 0.3 is 6.09 Å². The van der Waals surface area contributed by atoms with Crippen LogP contribution in [-0.4, -0.2) is 18.9 Å². The fourth-order valence-electron chi connectivity index (χ4n) is 1.65. The van der Waals surface area contributed by atoms with Crippen LogP contribution >= 0.6 is 0 Å². The van der Waals surface area contributed by atoms with E-state index < -0.39 is 11.8 Å². The summed E-state index contributed by atoms with van der Waals surface area (Å²) in [6.07, 6.45) is 0.934. The molecule has 0 aliphatic rings. The number of nitrogens with two attached hydrogens (primary N) is 1. The van der Waals surface area contributed by atoms with Crippen LogP contribution in [0.3, 0.4) is 0 Å². The van der Waals surface area contributed by atoms with Gasteiger partial charge in [-0.2, -0.15) is 0 Å². The summed E-state index contributed by atoms with van der Waals surface area (Å²) in [5, 5.41) is 3.06. The largest absolute Gasteiger partial charge is 0.427 e. The number of carbonyl (C=O) groups excluding carboxylic acids is 1. The van der Waals surface area contributed by atoms with Gasteiger partial charge in [0.2, 0.25) is 0 Å². The van der Waals surface area contributed by atoms with Gasteiger partial charge < -0.3 is 10.5 Å². The Bertz CT molecular complexity index is 199. The van der Waals surface area contributed by atoms with Crippen molar-refractivity contribution < 1.29 is 9.53 Å². The van der Waals surface area contributed by atoms with E-state index in [2.05, 4.69) is 5.32 Å². The summed E-state index contributed by atoms with van der Waals surface area (Å²) < 4.78 is 5.22. The molecule has 4 heteroatoms. The van der Waals surface area contributed by atoms with Gasteiger partial charge in [0.1, 0.15) is 0 Å². The summed E-state index contributed by atoms with van der Waals surface area (Å²) in [5.41, 5.74) is 4.22. The summed E-state index contributed by atoms with van der Waals surface area (Å²) in [6.45, 7) is 8.09. The standard InChI is InChI=1S/C10H22N2O2/c1-6-7-10(12-5,9(2,3)4)14-8(11)13/h12H,6-7H2,1-5H3,(H2,11,13). The number of carbonyl (C=O) groups is 1. The number of hydrogen-bond acceptors (Lipinski definition) is 3. The molecule has 0 radical (unpaired) electrons. The smallest absolute Gasteiger partial charge is 0.406 e. The Hall–Kier alpha value is -0.770. The Labute approximate surface area is 86.2 Å². The van der Waals surface area contributed by atoms with Crippen molar-refractivity contribution in [2.45, 2.75) is 46.3 Å². The van der Waals surface area contributed by atoms with E-state index in [0.29, 0.717) is 0 Å². The highest BCUT2D eigenvalue weighted by molar-refractivity contribution is 5.65. The Kier molecular flexibility index (Phi) is 4.39. The van der Waals surface area contributed by atoms with Gasteiger partial charge in [0.15, 0.2) is 5.72 Å².